The van der Waals surface area contributed by atoms with E-state index in [1.54, 1.807) is 37.4 Å². The number of ether oxygens (including phenoxy) is 3. The van der Waals surface area contributed by atoms with Crippen molar-refractivity contribution in [2.24, 2.45) is 0 Å². The van der Waals surface area contributed by atoms with Gasteiger partial charge in [0.05, 0.1) is 6.61 Å². The van der Waals surface area contributed by atoms with Crippen molar-refractivity contribution >= 4 is 17.5 Å². The quantitative estimate of drug-likeness (QED) is 0.816. The maximum Gasteiger partial charge on any atom is 0.259 e. The number of anilines is 1. The van der Waals surface area contributed by atoms with Gasteiger partial charge in [0.25, 0.3) is 5.91 Å². The summed E-state index contributed by atoms with van der Waals surface area (Å²) in [6.45, 7) is 1.71. The lowest BCUT2D eigenvalue weighted by atomic mass is 10.0. The third-order valence-electron chi connectivity index (χ3n) is 4.62. The zero-order valence-electron chi connectivity index (χ0n) is 14.9. The van der Waals surface area contributed by atoms with Crippen LogP contribution in [0.2, 0.25) is 0 Å². The number of carbonyl (C=O) groups is 2. The maximum atomic E-state index is 13.1. The molecule has 2 heterocycles. The topological polar surface area (TPSA) is 77.1 Å². The van der Waals surface area contributed by atoms with E-state index in [0.29, 0.717) is 54.7 Å². The Labute approximate surface area is 156 Å². The van der Waals surface area contributed by atoms with Crippen molar-refractivity contribution in [2.75, 3.05) is 38.4 Å². The van der Waals surface area contributed by atoms with Gasteiger partial charge in [0.15, 0.2) is 11.5 Å². The molecule has 1 atom stereocenters. The van der Waals surface area contributed by atoms with E-state index in [4.69, 9.17) is 14.2 Å². The molecule has 0 radical (unpaired) electrons. The number of benzene rings is 2. The number of carbonyl (C=O) groups excluding carboxylic acids is 2. The maximum absolute atomic E-state index is 13.1. The van der Waals surface area contributed by atoms with Gasteiger partial charge in [0.1, 0.15) is 19.3 Å². The third-order valence-corrected chi connectivity index (χ3v) is 4.62. The van der Waals surface area contributed by atoms with Crippen molar-refractivity contribution in [2.45, 2.75) is 6.04 Å². The van der Waals surface area contributed by atoms with Crippen LogP contribution in [0.25, 0.3) is 0 Å². The first kappa shape index (κ1) is 17.4. The number of hydrogen-bond acceptors (Lipinski definition) is 5. The molecule has 1 N–H and O–H groups in total. The van der Waals surface area contributed by atoms with Crippen molar-refractivity contribution in [3.8, 4) is 11.5 Å². The predicted molar refractivity (Wildman–Crippen MR) is 98.3 cm³/mol. The van der Waals surface area contributed by atoms with Crippen molar-refractivity contribution in [1.82, 2.24) is 5.32 Å². The molecule has 2 aromatic rings. The summed E-state index contributed by atoms with van der Waals surface area (Å²) in [5.74, 6) is 0.741. The SMILES string of the molecule is COCCNC(=O)C1c2ccccc2C(=O)N1c1ccc2c(c1)OCCO2. The van der Waals surface area contributed by atoms with Crippen LogP contribution >= 0.6 is 0 Å². The highest BCUT2D eigenvalue weighted by atomic mass is 16.6. The van der Waals surface area contributed by atoms with E-state index in [1.165, 1.54) is 4.90 Å². The Morgan fingerprint density at radius 3 is 2.78 bits per heavy atom. The Morgan fingerprint density at radius 1 is 1.19 bits per heavy atom. The van der Waals surface area contributed by atoms with Crippen LogP contribution in [0.5, 0.6) is 11.5 Å². The molecule has 2 aromatic carbocycles. The monoisotopic (exact) mass is 368 g/mol. The highest BCUT2D eigenvalue weighted by molar-refractivity contribution is 6.15. The fraction of sp³-hybridized carbons (Fsp3) is 0.300. The summed E-state index contributed by atoms with van der Waals surface area (Å²) in [5.41, 5.74) is 1.80. The molecule has 2 aliphatic rings. The number of nitrogens with zero attached hydrogens (tertiary/aromatic N) is 1. The largest absolute Gasteiger partial charge is 0.486 e. The van der Waals surface area contributed by atoms with Crippen LogP contribution in [0, 0.1) is 0 Å². The molecule has 0 saturated heterocycles. The van der Waals surface area contributed by atoms with E-state index in [1.807, 2.05) is 12.1 Å². The standard InChI is InChI=1S/C20H20N2O5/c1-25-9-8-21-19(23)18-14-4-2-3-5-15(14)20(24)22(18)13-6-7-16-17(12-13)27-11-10-26-16/h2-7,12,18H,8-11H2,1H3,(H,21,23). The van der Waals surface area contributed by atoms with Gasteiger partial charge in [-0.05, 0) is 23.8 Å². The number of rotatable bonds is 5. The van der Waals surface area contributed by atoms with Crippen LogP contribution in [0.4, 0.5) is 5.69 Å². The van der Waals surface area contributed by atoms with Gasteiger partial charge in [0.2, 0.25) is 5.91 Å². The molecule has 0 fully saturated rings. The summed E-state index contributed by atoms with van der Waals surface area (Å²) < 4.78 is 16.2. The molecule has 0 aliphatic carbocycles. The molecule has 2 aliphatic heterocycles. The van der Waals surface area contributed by atoms with Crippen LogP contribution in [0.3, 0.4) is 0 Å². The Balaban J connectivity index is 1.71. The molecule has 27 heavy (non-hydrogen) atoms. The fourth-order valence-corrected chi connectivity index (χ4v) is 3.40. The van der Waals surface area contributed by atoms with Gasteiger partial charge in [-0.25, -0.2) is 0 Å². The first-order valence-corrected chi connectivity index (χ1v) is 8.79. The molecule has 7 heteroatoms. The van der Waals surface area contributed by atoms with Gasteiger partial charge >= 0.3 is 0 Å². The second kappa shape index (κ2) is 7.28. The van der Waals surface area contributed by atoms with E-state index in [-0.39, 0.29) is 11.8 Å². The zero-order chi connectivity index (χ0) is 18.8. The summed E-state index contributed by atoms with van der Waals surface area (Å²) in [7, 11) is 1.57. The van der Waals surface area contributed by atoms with Gasteiger partial charge in [-0.2, -0.15) is 0 Å². The van der Waals surface area contributed by atoms with Crippen LogP contribution in [0.1, 0.15) is 22.0 Å². The summed E-state index contributed by atoms with van der Waals surface area (Å²) in [5, 5.41) is 2.84. The normalized spacial score (nSPS) is 17.6. The van der Waals surface area contributed by atoms with Gasteiger partial charge in [0, 0.05) is 31.0 Å². The molecule has 0 aromatic heterocycles. The smallest absolute Gasteiger partial charge is 0.259 e. The van der Waals surface area contributed by atoms with Crippen molar-refractivity contribution in [1.29, 1.82) is 0 Å². The average molecular weight is 368 g/mol. The molecule has 0 spiro atoms. The van der Waals surface area contributed by atoms with Gasteiger partial charge in [-0.3, -0.25) is 14.5 Å². The molecule has 2 amide bonds. The second-order valence-corrected chi connectivity index (χ2v) is 6.28. The Kier molecular flexibility index (Phi) is 4.68. The predicted octanol–water partition coefficient (Wildman–Crippen LogP) is 1.92. The minimum atomic E-state index is -0.742. The molecule has 0 saturated carbocycles. The first-order chi connectivity index (χ1) is 13.2. The molecular formula is C20H20N2O5. The lowest BCUT2D eigenvalue weighted by Crippen LogP contribution is -2.40. The van der Waals surface area contributed by atoms with Gasteiger partial charge in [-0.15, -0.1) is 0 Å². The minimum absolute atomic E-state index is 0.214. The number of hydrogen-bond donors (Lipinski definition) is 1. The van der Waals surface area contributed by atoms with Crippen LogP contribution in [0.15, 0.2) is 42.5 Å². The van der Waals surface area contributed by atoms with E-state index in [0.717, 1.165) is 0 Å². The second-order valence-electron chi connectivity index (χ2n) is 6.28. The Morgan fingerprint density at radius 2 is 1.96 bits per heavy atom. The zero-order valence-corrected chi connectivity index (χ0v) is 14.9. The first-order valence-electron chi connectivity index (χ1n) is 8.79. The van der Waals surface area contributed by atoms with Crippen molar-refractivity contribution < 1.29 is 23.8 Å². The lowest BCUT2D eigenvalue weighted by Gasteiger charge is -2.26. The summed E-state index contributed by atoms with van der Waals surface area (Å²) in [4.78, 5) is 27.4. The Bertz CT molecular complexity index is 882. The number of nitrogens with one attached hydrogen (secondary N) is 1. The van der Waals surface area contributed by atoms with E-state index < -0.39 is 6.04 Å². The number of methoxy groups -OCH3 is 1. The van der Waals surface area contributed by atoms with E-state index in [9.17, 15) is 9.59 Å². The van der Waals surface area contributed by atoms with Crippen LogP contribution < -0.4 is 19.7 Å². The van der Waals surface area contributed by atoms with E-state index >= 15 is 0 Å². The summed E-state index contributed by atoms with van der Waals surface area (Å²) in [6.07, 6.45) is 0. The highest BCUT2D eigenvalue weighted by Gasteiger charge is 2.42. The number of amides is 2. The summed E-state index contributed by atoms with van der Waals surface area (Å²) in [6, 6.07) is 11.7. The van der Waals surface area contributed by atoms with Gasteiger partial charge in [-0.1, -0.05) is 18.2 Å². The molecule has 1 unspecified atom stereocenters. The summed E-state index contributed by atoms with van der Waals surface area (Å²) >= 11 is 0. The number of fused-ring (bicyclic) bond motifs is 2. The third kappa shape index (κ3) is 3.10. The molecule has 7 nitrogen and oxygen atoms in total. The van der Waals surface area contributed by atoms with Crippen molar-refractivity contribution in [3.63, 3.8) is 0 Å². The molecule has 0 bridgehead atoms. The average Bonchev–Trinajstić information content (AvgIpc) is 3.00. The minimum Gasteiger partial charge on any atom is -0.486 e. The van der Waals surface area contributed by atoms with Crippen molar-refractivity contribution in [3.05, 3.63) is 53.6 Å². The van der Waals surface area contributed by atoms with Crippen LogP contribution in [-0.4, -0.2) is 45.3 Å². The Hall–Kier alpha value is -3.06. The van der Waals surface area contributed by atoms with Gasteiger partial charge < -0.3 is 19.5 Å². The molecular weight excluding hydrogens is 348 g/mol. The molecule has 4 rings (SSSR count). The highest BCUT2D eigenvalue weighted by Crippen LogP contribution is 2.41. The van der Waals surface area contributed by atoms with Crippen LogP contribution in [-0.2, 0) is 9.53 Å². The lowest BCUT2D eigenvalue weighted by molar-refractivity contribution is -0.122. The fourth-order valence-electron chi connectivity index (χ4n) is 3.40. The van der Waals surface area contributed by atoms with E-state index in [2.05, 4.69) is 5.32 Å². The molecule has 140 valence electrons.